The number of aromatic nitrogens is 1. The van der Waals surface area contributed by atoms with Gasteiger partial charge < -0.3 is 15.4 Å². The van der Waals surface area contributed by atoms with Crippen molar-refractivity contribution in [2.45, 2.75) is 19.7 Å². The average molecular weight is 475 g/mol. The molecule has 1 aromatic heterocycles. The van der Waals surface area contributed by atoms with Crippen LogP contribution in [0.5, 0.6) is 5.75 Å². The van der Waals surface area contributed by atoms with E-state index in [2.05, 4.69) is 10.3 Å². The zero-order valence-corrected chi connectivity index (χ0v) is 18.3. The number of alkyl halides is 3. The van der Waals surface area contributed by atoms with E-state index in [1.54, 1.807) is 53.1 Å². The number of anilines is 1. The number of carbonyl (C=O) groups excluding carboxylic acids is 2. The molecule has 0 fully saturated rings. The molecule has 0 radical (unpaired) electrons. The van der Waals surface area contributed by atoms with Gasteiger partial charge in [0.2, 0.25) is 5.91 Å². The molecule has 0 unspecified atom stereocenters. The molecule has 3 aromatic rings. The normalized spacial score (nSPS) is 11.4. The van der Waals surface area contributed by atoms with Crippen molar-refractivity contribution in [2.24, 2.45) is 0 Å². The molecule has 10 heteroatoms. The van der Waals surface area contributed by atoms with Gasteiger partial charge in [-0.2, -0.15) is 13.2 Å². The number of carbonyl (C=O) groups is 2. The molecule has 2 N–H and O–H groups in total. The second kappa shape index (κ2) is 10.8. The van der Waals surface area contributed by atoms with Crippen LogP contribution in [0.25, 0.3) is 6.08 Å². The highest BCUT2D eigenvalue weighted by molar-refractivity contribution is 7.09. The van der Waals surface area contributed by atoms with Crippen molar-refractivity contribution < 1.29 is 27.5 Å². The molecule has 1 heterocycles. The summed E-state index contributed by atoms with van der Waals surface area (Å²) in [6.45, 7) is 0.821. The zero-order valence-electron chi connectivity index (χ0n) is 17.5. The van der Waals surface area contributed by atoms with Crippen molar-refractivity contribution in [2.75, 3.05) is 11.9 Å². The summed E-state index contributed by atoms with van der Waals surface area (Å²) in [5.41, 5.74) is 1.62. The molecule has 0 bridgehead atoms. The molecule has 0 aliphatic heterocycles. The summed E-state index contributed by atoms with van der Waals surface area (Å²) in [6, 6.07) is 12.9. The molecule has 6 nitrogen and oxygen atoms in total. The van der Waals surface area contributed by atoms with E-state index in [-0.39, 0.29) is 11.3 Å². The van der Waals surface area contributed by atoms with Gasteiger partial charge in [0.25, 0.3) is 5.91 Å². The standard InChI is InChI=1S/C23H20F3N3O3S/c1-15-28-17(13-33-15)12-32-18-9-6-16(7-10-18)8-11-21(30)29-20-5-3-2-4-19(20)22(31)27-14-23(24,25)26/h2-11,13H,12,14H2,1H3,(H,27,31)(H,29,30)/b11-8+. The number of amides is 2. The maximum atomic E-state index is 12.3. The van der Waals surface area contributed by atoms with Crippen molar-refractivity contribution in [3.8, 4) is 5.75 Å². The largest absolute Gasteiger partial charge is 0.487 e. The third-order valence-corrected chi connectivity index (χ3v) is 5.06. The molecule has 172 valence electrons. The Hall–Kier alpha value is -3.66. The van der Waals surface area contributed by atoms with Gasteiger partial charge in [0, 0.05) is 11.5 Å². The van der Waals surface area contributed by atoms with Crippen LogP contribution in [0.15, 0.2) is 60.0 Å². The van der Waals surface area contributed by atoms with Crippen molar-refractivity contribution >= 4 is 34.9 Å². The van der Waals surface area contributed by atoms with E-state index in [0.717, 1.165) is 16.3 Å². The van der Waals surface area contributed by atoms with E-state index in [1.807, 2.05) is 12.3 Å². The Morgan fingerprint density at radius 2 is 1.85 bits per heavy atom. The van der Waals surface area contributed by atoms with Gasteiger partial charge in [-0.3, -0.25) is 9.59 Å². The fourth-order valence-electron chi connectivity index (χ4n) is 2.72. The number of ether oxygens (including phenoxy) is 1. The first-order valence-electron chi connectivity index (χ1n) is 9.76. The number of aryl methyl sites for hydroxylation is 1. The van der Waals surface area contributed by atoms with Gasteiger partial charge >= 0.3 is 6.18 Å². The minimum Gasteiger partial charge on any atom is -0.487 e. The summed E-state index contributed by atoms with van der Waals surface area (Å²) in [5, 5.41) is 7.20. The van der Waals surface area contributed by atoms with Gasteiger partial charge in [-0.05, 0) is 42.8 Å². The van der Waals surface area contributed by atoms with Gasteiger partial charge in [0.05, 0.1) is 22.0 Å². The van der Waals surface area contributed by atoms with Crippen LogP contribution in [0.4, 0.5) is 18.9 Å². The smallest absolute Gasteiger partial charge is 0.405 e. The third kappa shape index (κ3) is 7.76. The van der Waals surface area contributed by atoms with Crippen LogP contribution in [0.1, 0.15) is 26.6 Å². The number of para-hydroxylation sites is 1. The summed E-state index contributed by atoms with van der Waals surface area (Å²) in [4.78, 5) is 28.6. The highest BCUT2D eigenvalue weighted by Gasteiger charge is 2.28. The molecule has 0 atom stereocenters. The van der Waals surface area contributed by atoms with Crippen molar-refractivity contribution in [3.05, 3.63) is 81.8 Å². The van der Waals surface area contributed by atoms with Crippen LogP contribution >= 0.6 is 11.3 Å². The first-order chi connectivity index (χ1) is 15.7. The van der Waals surface area contributed by atoms with Crippen LogP contribution in [-0.2, 0) is 11.4 Å². The number of benzene rings is 2. The van der Waals surface area contributed by atoms with E-state index < -0.39 is 24.5 Å². The number of hydrogen-bond acceptors (Lipinski definition) is 5. The fourth-order valence-corrected chi connectivity index (χ4v) is 3.32. The summed E-state index contributed by atoms with van der Waals surface area (Å²) in [6.07, 6.45) is -1.70. The van der Waals surface area contributed by atoms with Crippen LogP contribution in [-0.4, -0.2) is 29.5 Å². The van der Waals surface area contributed by atoms with Crippen LogP contribution in [0.2, 0.25) is 0 Å². The van der Waals surface area contributed by atoms with Gasteiger partial charge in [0.15, 0.2) is 0 Å². The van der Waals surface area contributed by atoms with Crippen LogP contribution in [0, 0.1) is 6.92 Å². The Morgan fingerprint density at radius 1 is 1.12 bits per heavy atom. The van der Waals surface area contributed by atoms with Gasteiger partial charge in [-0.1, -0.05) is 24.3 Å². The monoisotopic (exact) mass is 475 g/mol. The predicted molar refractivity (Wildman–Crippen MR) is 120 cm³/mol. The molecule has 0 aliphatic carbocycles. The van der Waals surface area contributed by atoms with Crippen molar-refractivity contribution in [1.29, 1.82) is 0 Å². The summed E-state index contributed by atoms with van der Waals surface area (Å²) in [5.74, 6) is -0.818. The Morgan fingerprint density at radius 3 is 2.52 bits per heavy atom. The highest BCUT2D eigenvalue weighted by Crippen LogP contribution is 2.18. The lowest BCUT2D eigenvalue weighted by Gasteiger charge is -2.11. The molecule has 0 spiro atoms. The molecular formula is C23H20F3N3O3S. The SMILES string of the molecule is Cc1nc(COc2ccc(/C=C/C(=O)Nc3ccccc3C(=O)NCC(F)(F)F)cc2)cs1. The second-order valence-electron chi connectivity index (χ2n) is 6.88. The zero-order chi connectivity index (χ0) is 23.8. The molecule has 2 amide bonds. The topological polar surface area (TPSA) is 80.3 Å². The Balaban J connectivity index is 1.56. The lowest BCUT2D eigenvalue weighted by molar-refractivity contribution is -0.123. The number of nitrogens with zero attached hydrogens (tertiary/aromatic N) is 1. The lowest BCUT2D eigenvalue weighted by Crippen LogP contribution is -2.34. The van der Waals surface area contributed by atoms with Crippen LogP contribution in [0.3, 0.4) is 0 Å². The second-order valence-corrected chi connectivity index (χ2v) is 7.94. The van der Waals surface area contributed by atoms with E-state index in [1.165, 1.54) is 24.3 Å². The van der Waals surface area contributed by atoms with E-state index in [0.29, 0.717) is 12.4 Å². The Kier molecular flexibility index (Phi) is 7.83. The Bertz CT molecular complexity index is 1140. The maximum absolute atomic E-state index is 12.3. The molecule has 0 saturated carbocycles. The third-order valence-electron chi connectivity index (χ3n) is 4.24. The first-order valence-corrected chi connectivity index (χ1v) is 10.6. The van der Waals surface area contributed by atoms with Gasteiger partial charge in [-0.15, -0.1) is 11.3 Å². The molecule has 2 aromatic carbocycles. The van der Waals surface area contributed by atoms with Gasteiger partial charge in [0.1, 0.15) is 18.9 Å². The molecule has 33 heavy (non-hydrogen) atoms. The fraction of sp³-hybridized carbons (Fsp3) is 0.174. The molecular weight excluding hydrogens is 455 g/mol. The van der Waals surface area contributed by atoms with Gasteiger partial charge in [-0.25, -0.2) is 4.98 Å². The van der Waals surface area contributed by atoms with Crippen molar-refractivity contribution in [3.63, 3.8) is 0 Å². The minimum atomic E-state index is -4.53. The summed E-state index contributed by atoms with van der Waals surface area (Å²) < 4.78 is 42.7. The number of nitrogens with one attached hydrogen (secondary N) is 2. The lowest BCUT2D eigenvalue weighted by atomic mass is 10.1. The first kappa shape index (κ1) is 24.0. The van der Waals surface area contributed by atoms with E-state index in [9.17, 15) is 22.8 Å². The Labute approximate surface area is 192 Å². The van der Waals surface area contributed by atoms with Crippen molar-refractivity contribution in [1.82, 2.24) is 10.3 Å². The van der Waals surface area contributed by atoms with E-state index >= 15 is 0 Å². The van der Waals surface area contributed by atoms with Crippen LogP contribution < -0.4 is 15.4 Å². The number of thiazole rings is 1. The predicted octanol–water partition coefficient (Wildman–Crippen LogP) is 4.97. The number of hydrogen-bond donors (Lipinski definition) is 2. The van der Waals surface area contributed by atoms with E-state index in [4.69, 9.17) is 4.74 Å². The molecule has 0 saturated heterocycles. The quantitative estimate of drug-likeness (QED) is 0.451. The molecule has 0 aliphatic rings. The maximum Gasteiger partial charge on any atom is 0.405 e. The highest BCUT2D eigenvalue weighted by atomic mass is 32.1. The minimum absolute atomic E-state index is 0.0692. The number of rotatable bonds is 8. The summed E-state index contributed by atoms with van der Waals surface area (Å²) in [7, 11) is 0. The number of halogens is 3. The molecule has 3 rings (SSSR count). The summed E-state index contributed by atoms with van der Waals surface area (Å²) >= 11 is 1.55. The average Bonchev–Trinajstić information content (AvgIpc) is 3.20.